The summed E-state index contributed by atoms with van der Waals surface area (Å²) < 4.78 is 0. The van der Waals surface area contributed by atoms with Gasteiger partial charge in [-0.1, -0.05) is 20.8 Å². The third-order valence-electron chi connectivity index (χ3n) is 4.93. The quantitative estimate of drug-likeness (QED) is 0.845. The zero-order chi connectivity index (χ0) is 13.1. The Morgan fingerprint density at radius 2 is 2.11 bits per heavy atom. The van der Waals surface area contributed by atoms with Crippen LogP contribution in [0.1, 0.15) is 46.5 Å². The minimum absolute atomic E-state index is 0.695. The molecule has 2 nitrogen and oxygen atoms in total. The Hall–Kier alpha value is 0.270. The first-order chi connectivity index (χ1) is 8.65. The standard InChI is InChI=1S/C15H30N2S/c1-5-12-9-16-15(11(2)3)10-17(12)13-6-7-14(8-13)18-4/h11-16H,5-10H2,1-4H3. The van der Waals surface area contributed by atoms with E-state index in [1.54, 1.807) is 0 Å². The van der Waals surface area contributed by atoms with E-state index >= 15 is 0 Å². The third kappa shape index (κ3) is 3.23. The molecule has 0 aromatic carbocycles. The number of piperazine rings is 1. The van der Waals surface area contributed by atoms with E-state index in [4.69, 9.17) is 0 Å². The van der Waals surface area contributed by atoms with Crippen LogP contribution in [0.5, 0.6) is 0 Å². The van der Waals surface area contributed by atoms with Gasteiger partial charge in [-0.25, -0.2) is 0 Å². The van der Waals surface area contributed by atoms with Crippen LogP contribution in [-0.2, 0) is 0 Å². The van der Waals surface area contributed by atoms with Crippen molar-refractivity contribution in [2.75, 3.05) is 19.3 Å². The van der Waals surface area contributed by atoms with Crippen LogP contribution in [0.2, 0.25) is 0 Å². The van der Waals surface area contributed by atoms with Gasteiger partial charge in [-0.2, -0.15) is 11.8 Å². The summed E-state index contributed by atoms with van der Waals surface area (Å²) in [5, 5.41) is 4.67. The van der Waals surface area contributed by atoms with E-state index in [1.807, 2.05) is 0 Å². The molecule has 0 spiro atoms. The average molecular weight is 270 g/mol. The molecule has 3 heteroatoms. The van der Waals surface area contributed by atoms with E-state index in [0.29, 0.717) is 6.04 Å². The number of hydrogen-bond acceptors (Lipinski definition) is 3. The Balaban J connectivity index is 1.98. The minimum atomic E-state index is 0.695. The second-order valence-electron chi connectivity index (χ2n) is 6.34. The molecule has 4 unspecified atom stereocenters. The first-order valence-electron chi connectivity index (χ1n) is 7.67. The van der Waals surface area contributed by atoms with E-state index in [9.17, 15) is 0 Å². The maximum atomic E-state index is 3.75. The van der Waals surface area contributed by atoms with Crippen molar-refractivity contribution in [2.24, 2.45) is 5.92 Å². The fraction of sp³-hybridized carbons (Fsp3) is 1.00. The lowest BCUT2D eigenvalue weighted by Gasteiger charge is -2.45. The summed E-state index contributed by atoms with van der Waals surface area (Å²) in [4.78, 5) is 2.84. The molecule has 1 aliphatic carbocycles. The van der Waals surface area contributed by atoms with Crippen LogP contribution in [0.15, 0.2) is 0 Å². The van der Waals surface area contributed by atoms with Crippen LogP contribution in [-0.4, -0.2) is 47.6 Å². The van der Waals surface area contributed by atoms with Gasteiger partial charge < -0.3 is 5.32 Å². The van der Waals surface area contributed by atoms with Crippen LogP contribution in [0, 0.1) is 5.92 Å². The Kier molecular flexibility index (Phi) is 5.40. The Morgan fingerprint density at radius 3 is 2.67 bits per heavy atom. The van der Waals surface area contributed by atoms with Crippen molar-refractivity contribution < 1.29 is 0 Å². The molecule has 0 bridgehead atoms. The van der Waals surface area contributed by atoms with Gasteiger partial charge in [-0.3, -0.25) is 4.90 Å². The largest absolute Gasteiger partial charge is 0.311 e. The molecule has 106 valence electrons. The lowest BCUT2D eigenvalue weighted by Crippen LogP contribution is -2.60. The maximum Gasteiger partial charge on any atom is 0.0221 e. The van der Waals surface area contributed by atoms with Gasteiger partial charge in [0.15, 0.2) is 0 Å². The highest BCUT2D eigenvalue weighted by Crippen LogP contribution is 2.33. The second-order valence-corrected chi connectivity index (χ2v) is 7.48. The van der Waals surface area contributed by atoms with Crippen LogP contribution in [0.3, 0.4) is 0 Å². The number of nitrogens with zero attached hydrogens (tertiary/aromatic N) is 1. The van der Waals surface area contributed by atoms with E-state index in [-0.39, 0.29) is 0 Å². The Labute approximate surface area is 117 Å². The molecule has 1 heterocycles. The molecule has 4 atom stereocenters. The third-order valence-corrected chi connectivity index (χ3v) is 6.02. The molecular weight excluding hydrogens is 240 g/mol. The van der Waals surface area contributed by atoms with Crippen molar-refractivity contribution in [2.45, 2.75) is 69.8 Å². The van der Waals surface area contributed by atoms with Gasteiger partial charge in [-0.05, 0) is 37.9 Å². The molecule has 1 saturated heterocycles. The maximum absolute atomic E-state index is 3.75. The van der Waals surface area contributed by atoms with Crippen LogP contribution < -0.4 is 5.32 Å². The highest BCUT2D eigenvalue weighted by molar-refractivity contribution is 7.99. The molecule has 0 aromatic heterocycles. The van der Waals surface area contributed by atoms with Gasteiger partial charge in [-0.15, -0.1) is 0 Å². The lowest BCUT2D eigenvalue weighted by atomic mass is 9.96. The average Bonchev–Trinajstić information content (AvgIpc) is 2.86. The summed E-state index contributed by atoms with van der Waals surface area (Å²) in [7, 11) is 0. The smallest absolute Gasteiger partial charge is 0.0221 e. The lowest BCUT2D eigenvalue weighted by molar-refractivity contribution is 0.0693. The number of thioether (sulfide) groups is 1. The fourth-order valence-electron chi connectivity index (χ4n) is 3.55. The first-order valence-corrected chi connectivity index (χ1v) is 8.96. The number of rotatable bonds is 4. The fourth-order valence-corrected chi connectivity index (χ4v) is 4.34. The molecular formula is C15H30N2S. The summed E-state index contributed by atoms with van der Waals surface area (Å²) in [6, 6.07) is 2.32. The summed E-state index contributed by atoms with van der Waals surface area (Å²) in [5.74, 6) is 0.753. The normalized spacial score (nSPS) is 38.5. The molecule has 2 aliphatic rings. The zero-order valence-corrected chi connectivity index (χ0v) is 13.3. The summed E-state index contributed by atoms with van der Waals surface area (Å²) in [6.07, 6.45) is 7.84. The molecule has 1 N–H and O–H groups in total. The van der Waals surface area contributed by atoms with Crippen LogP contribution in [0.25, 0.3) is 0 Å². The molecule has 18 heavy (non-hydrogen) atoms. The molecule has 2 rings (SSSR count). The number of nitrogens with one attached hydrogen (secondary N) is 1. The van der Waals surface area contributed by atoms with Gasteiger partial charge in [0.25, 0.3) is 0 Å². The molecule has 0 radical (unpaired) electrons. The zero-order valence-electron chi connectivity index (χ0n) is 12.5. The van der Waals surface area contributed by atoms with Crippen molar-refractivity contribution >= 4 is 11.8 Å². The Bertz CT molecular complexity index is 257. The molecule has 2 fully saturated rings. The first kappa shape index (κ1) is 14.7. The summed E-state index contributed by atoms with van der Waals surface area (Å²) >= 11 is 2.07. The van der Waals surface area contributed by atoms with Crippen LogP contribution in [0.4, 0.5) is 0 Å². The van der Waals surface area contributed by atoms with Crippen molar-refractivity contribution in [1.29, 1.82) is 0 Å². The van der Waals surface area contributed by atoms with Crippen LogP contribution >= 0.6 is 11.8 Å². The van der Waals surface area contributed by atoms with Gasteiger partial charge in [0.2, 0.25) is 0 Å². The topological polar surface area (TPSA) is 15.3 Å². The van der Waals surface area contributed by atoms with Gasteiger partial charge in [0.1, 0.15) is 0 Å². The summed E-state index contributed by atoms with van der Waals surface area (Å²) in [5.41, 5.74) is 0. The summed E-state index contributed by atoms with van der Waals surface area (Å²) in [6.45, 7) is 9.50. The van der Waals surface area contributed by atoms with Gasteiger partial charge >= 0.3 is 0 Å². The predicted octanol–water partition coefficient (Wildman–Crippen LogP) is 2.98. The van der Waals surface area contributed by atoms with E-state index in [1.165, 1.54) is 38.8 Å². The van der Waals surface area contributed by atoms with Gasteiger partial charge in [0, 0.05) is 36.5 Å². The van der Waals surface area contributed by atoms with Crippen molar-refractivity contribution in [3.8, 4) is 0 Å². The monoisotopic (exact) mass is 270 g/mol. The SMILES string of the molecule is CCC1CNC(C(C)C)CN1C1CCC(SC)C1. The van der Waals surface area contributed by atoms with E-state index in [2.05, 4.69) is 49.0 Å². The predicted molar refractivity (Wildman–Crippen MR) is 82.4 cm³/mol. The minimum Gasteiger partial charge on any atom is -0.311 e. The second kappa shape index (κ2) is 6.62. The van der Waals surface area contributed by atoms with Crippen molar-refractivity contribution in [3.05, 3.63) is 0 Å². The number of hydrogen-bond donors (Lipinski definition) is 1. The molecule has 1 saturated carbocycles. The van der Waals surface area contributed by atoms with Crippen molar-refractivity contribution in [1.82, 2.24) is 10.2 Å². The van der Waals surface area contributed by atoms with Crippen molar-refractivity contribution in [3.63, 3.8) is 0 Å². The van der Waals surface area contributed by atoms with E-state index in [0.717, 1.165) is 23.3 Å². The molecule has 0 aromatic rings. The highest BCUT2D eigenvalue weighted by Gasteiger charge is 2.36. The van der Waals surface area contributed by atoms with Gasteiger partial charge in [0.05, 0.1) is 0 Å². The molecule has 0 amide bonds. The highest BCUT2D eigenvalue weighted by atomic mass is 32.2. The van der Waals surface area contributed by atoms with E-state index < -0.39 is 0 Å². The molecule has 1 aliphatic heterocycles. The Morgan fingerprint density at radius 1 is 1.33 bits per heavy atom.